The molecule has 0 aliphatic carbocycles. The molecule has 0 atom stereocenters. The minimum absolute atomic E-state index is 0.619. The van der Waals surface area contributed by atoms with Crippen molar-refractivity contribution < 1.29 is 18.3 Å². The van der Waals surface area contributed by atoms with E-state index in [4.69, 9.17) is 18.3 Å². The van der Waals surface area contributed by atoms with Crippen LogP contribution in [0.1, 0.15) is 13.9 Å². The Balaban J connectivity index is 3.57. The van der Waals surface area contributed by atoms with Gasteiger partial charge in [0, 0.05) is 16.0 Å². The first-order valence-electron chi connectivity index (χ1n) is 5.50. The van der Waals surface area contributed by atoms with E-state index in [2.05, 4.69) is 4.98 Å². The third kappa shape index (κ3) is 1.56. The van der Waals surface area contributed by atoms with Gasteiger partial charge in [0.05, 0.1) is 4.11 Å². The molecule has 0 bridgehead atoms. The van der Waals surface area contributed by atoms with Gasteiger partial charge in [0.15, 0.2) is 0 Å². The summed E-state index contributed by atoms with van der Waals surface area (Å²) < 4.78 is 43.1. The fraction of sp³-hybridized carbons (Fsp3) is 0.167. The summed E-state index contributed by atoms with van der Waals surface area (Å²) >= 11 is 0. The van der Waals surface area contributed by atoms with Crippen LogP contribution < -0.4 is 5.46 Å². The van der Waals surface area contributed by atoms with Crippen molar-refractivity contribution in [1.29, 1.82) is 0 Å². The maximum Gasteiger partial charge on any atom is 0.488 e. The minimum atomic E-state index is -2.73. The highest BCUT2D eigenvalue weighted by molar-refractivity contribution is 6.58. The molecule has 1 aromatic heterocycles. The van der Waals surface area contributed by atoms with Crippen LogP contribution in [0.3, 0.4) is 0 Å². The molecule has 0 unspecified atom stereocenters. The molecule has 3 nitrogen and oxygen atoms in total. The molecule has 52 valence electrons. The topological polar surface area (TPSA) is 53.4 Å². The van der Waals surface area contributed by atoms with Crippen LogP contribution in [-0.4, -0.2) is 22.2 Å². The van der Waals surface area contributed by atoms with Crippen LogP contribution in [0.5, 0.6) is 0 Å². The second kappa shape index (κ2) is 2.81. The molecule has 0 amide bonds. The van der Waals surface area contributed by atoms with E-state index in [0.717, 1.165) is 0 Å². The summed E-state index contributed by atoms with van der Waals surface area (Å²) in [4.78, 5) is 3.29. The molecule has 10 heavy (non-hydrogen) atoms. The lowest BCUT2D eigenvalue weighted by molar-refractivity contribution is 0.425. The SMILES string of the molecule is [2H]c1nc(C([2H])([2H])[2H])c([2H])c(B(O)O)c1[2H]. The summed E-state index contributed by atoms with van der Waals surface area (Å²) in [6.07, 6.45) is -0.703. The summed E-state index contributed by atoms with van der Waals surface area (Å²) in [5, 5.41) is 17.8. The van der Waals surface area contributed by atoms with Crippen molar-refractivity contribution in [2.75, 3.05) is 0 Å². The van der Waals surface area contributed by atoms with Crippen LogP contribution in [0.2, 0.25) is 0 Å². The summed E-state index contributed by atoms with van der Waals surface area (Å²) in [5.74, 6) is 0. The highest BCUT2D eigenvalue weighted by Crippen LogP contribution is 1.87. The van der Waals surface area contributed by atoms with Gasteiger partial charge in [-0.15, -0.1) is 0 Å². The largest absolute Gasteiger partial charge is 0.488 e. The number of nitrogens with zero attached hydrogens (tertiary/aromatic N) is 1. The van der Waals surface area contributed by atoms with Gasteiger partial charge in [-0.2, -0.15) is 0 Å². The Kier molecular flexibility index (Phi) is 0.742. The molecule has 4 heteroatoms. The van der Waals surface area contributed by atoms with Gasteiger partial charge in [0.25, 0.3) is 0 Å². The predicted octanol–water partition coefficient (Wildman–Crippen LogP) is -0.930. The molecule has 0 saturated heterocycles. The molecular formula is C6H8BNO2. The Morgan fingerprint density at radius 1 is 1.80 bits per heavy atom. The summed E-state index contributed by atoms with van der Waals surface area (Å²) in [5.41, 5.74) is -1.33. The Bertz CT molecular complexity index is 420. The highest BCUT2D eigenvalue weighted by atomic mass is 16.4. The first-order chi connectivity index (χ1) is 7.16. The molecule has 0 spiro atoms. The second-order valence-electron chi connectivity index (χ2n) is 1.61. The van der Waals surface area contributed by atoms with E-state index in [9.17, 15) is 0 Å². The zero-order valence-corrected chi connectivity index (χ0v) is 4.92. The van der Waals surface area contributed by atoms with Crippen LogP contribution in [-0.2, 0) is 0 Å². The number of hydrogen-bond acceptors (Lipinski definition) is 3. The van der Waals surface area contributed by atoms with Crippen molar-refractivity contribution in [1.82, 2.24) is 4.98 Å². The first-order valence-corrected chi connectivity index (χ1v) is 2.50. The Morgan fingerprint density at radius 2 is 2.60 bits per heavy atom. The van der Waals surface area contributed by atoms with E-state index >= 15 is 0 Å². The molecule has 2 N–H and O–H groups in total. The van der Waals surface area contributed by atoms with Crippen molar-refractivity contribution >= 4 is 12.6 Å². The molecule has 1 heterocycles. The van der Waals surface area contributed by atoms with Gasteiger partial charge in [-0.3, -0.25) is 4.98 Å². The lowest BCUT2D eigenvalue weighted by Gasteiger charge is -1.97. The molecule has 0 radical (unpaired) electrons. The Hall–Kier alpha value is -0.865. The van der Waals surface area contributed by atoms with Crippen molar-refractivity contribution in [2.45, 2.75) is 6.85 Å². The maximum atomic E-state index is 8.92. The number of pyridine rings is 1. The molecule has 1 aromatic rings. The van der Waals surface area contributed by atoms with Crippen molar-refractivity contribution in [3.8, 4) is 0 Å². The van der Waals surface area contributed by atoms with Crippen LogP contribution >= 0.6 is 0 Å². The Morgan fingerprint density at radius 3 is 3.20 bits per heavy atom. The summed E-state index contributed by atoms with van der Waals surface area (Å²) in [7, 11) is -2.17. The van der Waals surface area contributed by atoms with E-state index in [1.165, 1.54) is 0 Å². The van der Waals surface area contributed by atoms with E-state index in [-0.39, 0.29) is 0 Å². The smallest absolute Gasteiger partial charge is 0.423 e. The van der Waals surface area contributed by atoms with E-state index in [1.807, 2.05) is 0 Å². The molecule has 1 rings (SSSR count). The van der Waals surface area contributed by atoms with Gasteiger partial charge in [0.2, 0.25) is 0 Å². The molecular weight excluding hydrogens is 129 g/mol. The lowest BCUT2D eigenvalue weighted by atomic mass is 9.81. The Labute approximate surface area is 67.9 Å². The number of aryl methyl sites for hydroxylation is 1. The van der Waals surface area contributed by atoms with Gasteiger partial charge in [0.1, 0.15) is 0 Å². The molecule has 0 aromatic carbocycles. The normalized spacial score (nSPS) is 19.4. The number of hydrogen-bond donors (Lipinski definition) is 2. The molecule has 0 saturated carbocycles. The van der Waals surface area contributed by atoms with Gasteiger partial charge in [-0.1, -0.05) is 0 Å². The fourth-order valence-electron chi connectivity index (χ4n) is 0.460. The van der Waals surface area contributed by atoms with Crippen LogP contribution in [0.4, 0.5) is 0 Å². The van der Waals surface area contributed by atoms with E-state index in [1.54, 1.807) is 0 Å². The monoisotopic (exact) mass is 143 g/mol. The zero-order chi connectivity index (χ0) is 12.7. The third-order valence-electron chi connectivity index (χ3n) is 0.870. The molecule has 0 aliphatic heterocycles. The standard InChI is InChI=1S/C6H8BNO2/c1-5-4-6(7(9)10)2-3-8-5/h2-4,9-10H,1H3/i1D3,2D,3D,4D. The van der Waals surface area contributed by atoms with E-state index in [0.29, 0.717) is 0 Å². The summed E-state index contributed by atoms with van der Waals surface area (Å²) in [6, 6.07) is -1.40. The average Bonchev–Trinajstić information content (AvgIpc) is 2.09. The highest BCUT2D eigenvalue weighted by Gasteiger charge is 2.09. The number of rotatable bonds is 1. The lowest BCUT2D eigenvalue weighted by Crippen LogP contribution is -2.29. The minimum Gasteiger partial charge on any atom is -0.423 e. The zero-order valence-electron chi connectivity index (χ0n) is 10.9. The first kappa shape index (κ1) is 2.64. The van der Waals surface area contributed by atoms with Crippen LogP contribution in [0, 0.1) is 6.85 Å². The maximum absolute atomic E-state index is 8.92. The van der Waals surface area contributed by atoms with Crippen molar-refractivity contribution in [3.63, 3.8) is 0 Å². The van der Waals surface area contributed by atoms with Crippen LogP contribution in [0.25, 0.3) is 0 Å². The quantitative estimate of drug-likeness (QED) is 0.499. The van der Waals surface area contributed by atoms with Gasteiger partial charge < -0.3 is 10.0 Å². The third-order valence-corrected chi connectivity index (χ3v) is 0.870. The van der Waals surface area contributed by atoms with E-state index < -0.39 is 43.4 Å². The van der Waals surface area contributed by atoms with Crippen molar-refractivity contribution in [3.05, 3.63) is 24.0 Å². The molecule has 0 aliphatic rings. The average molecular weight is 143 g/mol. The number of aromatic nitrogens is 1. The van der Waals surface area contributed by atoms with Crippen LogP contribution in [0.15, 0.2) is 18.3 Å². The fourth-order valence-corrected chi connectivity index (χ4v) is 0.460. The summed E-state index contributed by atoms with van der Waals surface area (Å²) in [6.45, 7) is -2.73. The van der Waals surface area contributed by atoms with Crippen molar-refractivity contribution in [2.24, 2.45) is 0 Å². The second-order valence-corrected chi connectivity index (χ2v) is 1.61. The van der Waals surface area contributed by atoms with Gasteiger partial charge in [-0.25, -0.2) is 0 Å². The molecule has 0 fully saturated rings. The van der Waals surface area contributed by atoms with Gasteiger partial charge in [-0.05, 0) is 24.4 Å². The predicted molar refractivity (Wildman–Crippen MR) is 38.8 cm³/mol. The van der Waals surface area contributed by atoms with Gasteiger partial charge >= 0.3 is 7.12 Å².